The number of hydrogen-bond donors (Lipinski definition) is 1. The lowest BCUT2D eigenvalue weighted by molar-refractivity contribution is -0.434. The molecule has 5 nitrogen and oxygen atoms in total. The maximum absolute atomic E-state index is 13.1. The van der Waals surface area contributed by atoms with Gasteiger partial charge in [0, 0.05) is 17.8 Å². The Hall–Kier alpha value is -3.90. The topological polar surface area (TPSA) is 52.4 Å². The first-order valence-corrected chi connectivity index (χ1v) is 11.8. The van der Waals surface area contributed by atoms with E-state index in [1.54, 1.807) is 36.4 Å². The van der Waals surface area contributed by atoms with Crippen molar-refractivity contribution in [1.82, 2.24) is 0 Å². The third-order valence-electron chi connectivity index (χ3n) is 5.38. The van der Waals surface area contributed by atoms with E-state index in [4.69, 9.17) is 0 Å². The first-order chi connectivity index (χ1) is 15.6. The molecule has 0 unspecified atom stereocenters. The molecule has 1 heterocycles. The molecule has 0 saturated heterocycles. The molecule has 6 heteroatoms. The SMILES string of the molecule is O=S(=O)(Nc1cccc2c1N(c1ccccc1)C[N+](c1ccccc1)=C2)c1ccccc1. The summed E-state index contributed by atoms with van der Waals surface area (Å²) >= 11 is 0. The van der Waals surface area contributed by atoms with E-state index in [9.17, 15) is 8.42 Å². The van der Waals surface area contributed by atoms with E-state index >= 15 is 0 Å². The molecule has 4 aromatic rings. The van der Waals surface area contributed by atoms with Crippen LogP contribution in [-0.2, 0) is 10.0 Å². The molecule has 158 valence electrons. The number of hydrogen-bond acceptors (Lipinski definition) is 3. The fourth-order valence-corrected chi connectivity index (χ4v) is 4.97. The molecule has 0 radical (unpaired) electrons. The monoisotopic (exact) mass is 440 g/mol. The number of fused-ring (bicyclic) bond motifs is 1. The van der Waals surface area contributed by atoms with Crippen LogP contribution in [-0.4, -0.2) is 25.9 Å². The lowest BCUT2D eigenvalue weighted by Gasteiger charge is -2.29. The van der Waals surface area contributed by atoms with Gasteiger partial charge in [-0.05, 0) is 36.4 Å². The zero-order chi connectivity index (χ0) is 22.0. The molecule has 5 rings (SSSR count). The third kappa shape index (κ3) is 3.88. The van der Waals surface area contributed by atoms with Gasteiger partial charge in [-0.2, -0.15) is 4.58 Å². The van der Waals surface area contributed by atoms with Gasteiger partial charge in [-0.15, -0.1) is 0 Å². The van der Waals surface area contributed by atoms with Crippen molar-refractivity contribution in [3.63, 3.8) is 0 Å². The van der Waals surface area contributed by atoms with Gasteiger partial charge in [0.2, 0.25) is 12.4 Å². The summed E-state index contributed by atoms with van der Waals surface area (Å²) in [5, 5.41) is 0. The zero-order valence-electron chi connectivity index (χ0n) is 17.3. The van der Waals surface area contributed by atoms with Crippen LogP contribution in [0.25, 0.3) is 0 Å². The Morgan fingerprint density at radius 2 is 1.34 bits per heavy atom. The molecule has 1 aliphatic rings. The number of benzene rings is 4. The number of para-hydroxylation sites is 3. The van der Waals surface area contributed by atoms with Gasteiger partial charge in [0.15, 0.2) is 6.21 Å². The summed E-state index contributed by atoms with van der Waals surface area (Å²) in [6.45, 7) is 0.547. The Morgan fingerprint density at radius 3 is 2.03 bits per heavy atom. The van der Waals surface area contributed by atoms with Crippen LogP contribution in [0.1, 0.15) is 5.56 Å². The van der Waals surface area contributed by atoms with E-state index in [0.717, 1.165) is 22.6 Å². The van der Waals surface area contributed by atoms with Crippen molar-refractivity contribution in [3.05, 3.63) is 115 Å². The molecular formula is C26H22N3O2S+. The van der Waals surface area contributed by atoms with Crippen molar-refractivity contribution in [2.45, 2.75) is 4.90 Å². The van der Waals surface area contributed by atoms with E-state index in [-0.39, 0.29) is 4.90 Å². The van der Waals surface area contributed by atoms with Crippen molar-refractivity contribution in [1.29, 1.82) is 0 Å². The minimum Gasteiger partial charge on any atom is -0.283 e. The van der Waals surface area contributed by atoms with Crippen molar-refractivity contribution in [2.24, 2.45) is 0 Å². The smallest absolute Gasteiger partial charge is 0.261 e. The van der Waals surface area contributed by atoms with E-state index in [1.165, 1.54) is 0 Å². The van der Waals surface area contributed by atoms with Gasteiger partial charge in [-0.1, -0.05) is 60.7 Å². The highest BCUT2D eigenvalue weighted by molar-refractivity contribution is 7.92. The minimum atomic E-state index is -3.72. The first kappa shape index (κ1) is 20.0. The predicted octanol–water partition coefficient (Wildman–Crippen LogP) is 5.36. The molecule has 1 aliphatic heterocycles. The summed E-state index contributed by atoms with van der Waals surface area (Å²) in [6, 6.07) is 34.2. The van der Waals surface area contributed by atoms with Gasteiger partial charge in [-0.25, -0.2) is 8.42 Å². The molecule has 1 N–H and O–H groups in total. The Bertz CT molecular complexity index is 1370. The quantitative estimate of drug-likeness (QED) is 0.425. The van der Waals surface area contributed by atoms with Crippen LogP contribution in [0.3, 0.4) is 0 Å². The molecule has 0 atom stereocenters. The molecule has 0 aliphatic carbocycles. The Morgan fingerprint density at radius 1 is 0.719 bits per heavy atom. The molecule has 32 heavy (non-hydrogen) atoms. The normalized spacial score (nSPS) is 13.2. The molecule has 4 aromatic carbocycles. The number of anilines is 3. The summed E-state index contributed by atoms with van der Waals surface area (Å²) in [4.78, 5) is 2.36. The van der Waals surface area contributed by atoms with Crippen LogP contribution in [0.15, 0.2) is 114 Å². The fourth-order valence-electron chi connectivity index (χ4n) is 3.88. The lowest BCUT2D eigenvalue weighted by atomic mass is 10.1. The molecule has 0 fully saturated rings. The van der Waals surface area contributed by atoms with Gasteiger partial charge in [-0.3, -0.25) is 9.62 Å². The van der Waals surface area contributed by atoms with Gasteiger partial charge >= 0.3 is 0 Å². The van der Waals surface area contributed by atoms with Crippen LogP contribution < -0.4 is 9.62 Å². The number of nitrogens with one attached hydrogen (secondary N) is 1. The fraction of sp³-hybridized carbons (Fsp3) is 0.0385. The lowest BCUT2D eigenvalue weighted by Crippen LogP contribution is -2.33. The van der Waals surface area contributed by atoms with Crippen LogP contribution in [0.4, 0.5) is 22.7 Å². The van der Waals surface area contributed by atoms with E-state index in [2.05, 4.69) is 32.5 Å². The molecule has 0 spiro atoms. The number of sulfonamides is 1. The van der Waals surface area contributed by atoms with Gasteiger partial charge < -0.3 is 0 Å². The highest BCUT2D eigenvalue weighted by atomic mass is 32.2. The van der Waals surface area contributed by atoms with Gasteiger partial charge in [0.1, 0.15) is 0 Å². The van der Waals surface area contributed by atoms with Crippen LogP contribution in [0, 0.1) is 0 Å². The second kappa shape index (κ2) is 8.32. The standard InChI is InChI=1S/C26H22N3O2S/c30-32(31,24-16-8-3-9-17-24)27-25-18-10-11-21-19-28(22-12-4-1-5-13-22)20-29(26(21)25)23-14-6-2-7-15-23/h1-19,27H,20H2/q+1. The van der Waals surface area contributed by atoms with Crippen LogP contribution in [0.5, 0.6) is 0 Å². The summed E-state index contributed by atoms with van der Waals surface area (Å²) in [7, 11) is -3.72. The van der Waals surface area contributed by atoms with Crippen molar-refractivity contribution >= 4 is 39.0 Å². The van der Waals surface area contributed by atoms with E-state index in [0.29, 0.717) is 12.4 Å². The Kier molecular flexibility index (Phi) is 5.21. The number of nitrogens with zero attached hydrogens (tertiary/aromatic N) is 2. The van der Waals surface area contributed by atoms with E-state index < -0.39 is 10.0 Å². The largest absolute Gasteiger partial charge is 0.283 e. The van der Waals surface area contributed by atoms with E-state index in [1.807, 2.05) is 60.7 Å². The Labute approximate surface area is 188 Å². The predicted molar refractivity (Wildman–Crippen MR) is 129 cm³/mol. The van der Waals surface area contributed by atoms with Crippen LogP contribution >= 0.6 is 0 Å². The highest BCUT2D eigenvalue weighted by Crippen LogP contribution is 2.38. The average Bonchev–Trinajstić information content (AvgIpc) is 2.85. The van der Waals surface area contributed by atoms with Crippen molar-refractivity contribution in [3.8, 4) is 0 Å². The second-order valence-corrected chi connectivity index (χ2v) is 9.18. The van der Waals surface area contributed by atoms with Crippen LogP contribution in [0.2, 0.25) is 0 Å². The molecule has 0 bridgehead atoms. The molecule has 0 amide bonds. The zero-order valence-corrected chi connectivity index (χ0v) is 18.1. The maximum Gasteiger partial charge on any atom is 0.261 e. The summed E-state index contributed by atoms with van der Waals surface area (Å²) in [6.07, 6.45) is 2.06. The van der Waals surface area contributed by atoms with Crippen molar-refractivity contribution in [2.75, 3.05) is 16.3 Å². The number of rotatable bonds is 5. The minimum absolute atomic E-state index is 0.231. The van der Waals surface area contributed by atoms with Gasteiger partial charge in [0.25, 0.3) is 10.0 Å². The van der Waals surface area contributed by atoms with Gasteiger partial charge in [0.05, 0.1) is 21.8 Å². The average molecular weight is 441 g/mol. The molecular weight excluding hydrogens is 418 g/mol. The second-order valence-electron chi connectivity index (χ2n) is 7.50. The molecule has 0 saturated carbocycles. The third-order valence-corrected chi connectivity index (χ3v) is 6.76. The summed E-state index contributed by atoms with van der Waals surface area (Å²) in [5.41, 5.74) is 4.34. The Balaban J connectivity index is 1.64. The highest BCUT2D eigenvalue weighted by Gasteiger charge is 2.29. The summed E-state index contributed by atoms with van der Waals surface area (Å²) < 4.78 is 31.1. The van der Waals surface area contributed by atoms with Crippen molar-refractivity contribution < 1.29 is 13.0 Å². The summed E-state index contributed by atoms with van der Waals surface area (Å²) in [5.74, 6) is 0. The first-order valence-electron chi connectivity index (χ1n) is 10.3. The molecule has 0 aromatic heterocycles. The maximum atomic E-state index is 13.1.